The van der Waals surface area contributed by atoms with E-state index >= 15 is 0 Å². The number of carbonyl (C=O) groups excluding carboxylic acids is 1. The number of alkyl halides is 3. The number of thiophene rings is 1. The van der Waals surface area contributed by atoms with Gasteiger partial charge in [-0.2, -0.15) is 17.5 Å². The van der Waals surface area contributed by atoms with Gasteiger partial charge in [-0.25, -0.2) is 8.42 Å². The topological polar surface area (TPSA) is 57.7 Å². The van der Waals surface area contributed by atoms with E-state index in [4.69, 9.17) is 0 Å². The highest BCUT2D eigenvalue weighted by molar-refractivity contribution is 7.89. The molecular formula is C25H25F3N2O3S2. The maximum Gasteiger partial charge on any atom is 0.416 e. The number of benzene rings is 2. The molecule has 0 atom stereocenters. The van der Waals surface area contributed by atoms with Crippen LogP contribution in [0.3, 0.4) is 0 Å². The smallest absolute Gasteiger partial charge is 0.332 e. The lowest BCUT2D eigenvalue weighted by molar-refractivity contribution is -0.137. The Kier molecular flexibility index (Phi) is 7.35. The van der Waals surface area contributed by atoms with Gasteiger partial charge in [-0.15, -0.1) is 11.3 Å². The molecule has 0 N–H and O–H groups in total. The standard InChI is InChI=1S/C25H25F3N2O3S2/c1-18-10-13-22(34-18)16-29(15-19-6-3-2-4-7-19)24(31)17-30(21-11-12-21)35(32,33)23-9-5-8-20(14-23)25(26,27)28/h2-10,13-14,21H,11-12,15-17H2,1H3. The van der Waals surface area contributed by atoms with E-state index in [9.17, 15) is 26.4 Å². The second kappa shape index (κ2) is 10.1. The number of nitrogens with zero attached hydrogens (tertiary/aromatic N) is 2. The van der Waals surface area contributed by atoms with Crippen LogP contribution in [0.4, 0.5) is 13.2 Å². The van der Waals surface area contributed by atoms with Crippen molar-refractivity contribution in [3.8, 4) is 0 Å². The first kappa shape index (κ1) is 25.4. The van der Waals surface area contributed by atoms with Gasteiger partial charge < -0.3 is 4.90 Å². The summed E-state index contributed by atoms with van der Waals surface area (Å²) in [5.74, 6) is -0.401. The van der Waals surface area contributed by atoms with E-state index in [0.29, 0.717) is 32.0 Å². The molecule has 0 aliphatic heterocycles. The summed E-state index contributed by atoms with van der Waals surface area (Å²) in [6, 6.07) is 16.5. The van der Waals surface area contributed by atoms with Crippen LogP contribution < -0.4 is 0 Å². The summed E-state index contributed by atoms with van der Waals surface area (Å²) in [7, 11) is -4.30. The number of rotatable bonds is 9. The van der Waals surface area contributed by atoms with Crippen LogP contribution in [0.15, 0.2) is 71.6 Å². The highest BCUT2D eigenvalue weighted by Crippen LogP contribution is 2.35. The summed E-state index contributed by atoms with van der Waals surface area (Å²) in [6.45, 7) is 2.14. The largest absolute Gasteiger partial charge is 0.416 e. The molecule has 10 heteroatoms. The van der Waals surface area contributed by atoms with Crippen molar-refractivity contribution in [2.45, 2.75) is 50.0 Å². The Morgan fingerprint density at radius 2 is 1.71 bits per heavy atom. The minimum Gasteiger partial charge on any atom is -0.332 e. The first-order chi connectivity index (χ1) is 16.5. The molecule has 0 saturated heterocycles. The third-order valence-electron chi connectivity index (χ3n) is 5.72. The Hall–Kier alpha value is -2.69. The van der Waals surface area contributed by atoms with Crippen molar-refractivity contribution >= 4 is 27.3 Å². The molecule has 1 heterocycles. The summed E-state index contributed by atoms with van der Waals surface area (Å²) in [5.41, 5.74) is -0.146. The molecule has 186 valence electrons. The number of hydrogen-bond acceptors (Lipinski definition) is 4. The molecule has 1 saturated carbocycles. The molecule has 0 radical (unpaired) electrons. The van der Waals surface area contributed by atoms with E-state index in [0.717, 1.165) is 37.8 Å². The van der Waals surface area contributed by atoms with Gasteiger partial charge in [-0.05, 0) is 55.7 Å². The molecule has 5 nitrogen and oxygen atoms in total. The third-order valence-corrected chi connectivity index (χ3v) is 8.60. The molecule has 35 heavy (non-hydrogen) atoms. The lowest BCUT2D eigenvalue weighted by Gasteiger charge is -2.27. The maximum absolute atomic E-state index is 13.5. The minimum atomic E-state index is -4.67. The van der Waals surface area contributed by atoms with Gasteiger partial charge in [0.15, 0.2) is 0 Å². The monoisotopic (exact) mass is 522 g/mol. The van der Waals surface area contributed by atoms with E-state index in [1.807, 2.05) is 49.4 Å². The Balaban J connectivity index is 1.60. The summed E-state index contributed by atoms with van der Waals surface area (Å²) in [5, 5.41) is 0. The minimum absolute atomic E-state index is 0.290. The number of carbonyl (C=O) groups is 1. The van der Waals surface area contributed by atoms with E-state index < -0.39 is 45.2 Å². The SMILES string of the molecule is Cc1ccc(CN(Cc2ccccc2)C(=O)CN(C2CC2)S(=O)(=O)c2cccc(C(F)(F)F)c2)s1. The quantitative estimate of drug-likeness (QED) is 0.375. The maximum atomic E-state index is 13.5. The van der Waals surface area contributed by atoms with Crippen molar-refractivity contribution in [1.82, 2.24) is 9.21 Å². The van der Waals surface area contributed by atoms with E-state index in [1.54, 1.807) is 16.2 Å². The molecular weight excluding hydrogens is 497 g/mol. The Morgan fingerprint density at radius 3 is 2.31 bits per heavy atom. The zero-order chi connectivity index (χ0) is 25.2. The van der Waals surface area contributed by atoms with Gasteiger partial charge in [0, 0.05) is 22.3 Å². The average molecular weight is 523 g/mol. The predicted octanol–water partition coefficient (Wildman–Crippen LogP) is 5.46. The molecule has 1 aliphatic rings. The van der Waals surface area contributed by atoms with Crippen LogP contribution in [0, 0.1) is 6.92 Å². The number of halogens is 3. The Morgan fingerprint density at radius 1 is 1.00 bits per heavy atom. The lowest BCUT2D eigenvalue weighted by atomic mass is 10.2. The Bertz CT molecular complexity index is 1290. The zero-order valence-electron chi connectivity index (χ0n) is 19.0. The van der Waals surface area contributed by atoms with Crippen LogP contribution in [0.1, 0.15) is 33.7 Å². The van der Waals surface area contributed by atoms with Crippen molar-refractivity contribution in [2.75, 3.05) is 6.54 Å². The van der Waals surface area contributed by atoms with Crippen molar-refractivity contribution in [1.29, 1.82) is 0 Å². The highest BCUT2D eigenvalue weighted by Gasteiger charge is 2.41. The van der Waals surface area contributed by atoms with Gasteiger partial charge in [0.1, 0.15) is 0 Å². The van der Waals surface area contributed by atoms with Crippen LogP contribution >= 0.6 is 11.3 Å². The van der Waals surface area contributed by atoms with Crippen molar-refractivity contribution in [3.05, 3.63) is 87.6 Å². The van der Waals surface area contributed by atoms with Gasteiger partial charge in [0.05, 0.1) is 23.5 Å². The van der Waals surface area contributed by atoms with E-state index in [-0.39, 0.29) is 0 Å². The lowest BCUT2D eigenvalue weighted by Crippen LogP contribution is -2.43. The normalized spacial score (nSPS) is 14.3. The van der Waals surface area contributed by atoms with E-state index in [1.165, 1.54) is 0 Å². The molecule has 1 aliphatic carbocycles. The number of hydrogen-bond donors (Lipinski definition) is 0. The van der Waals surface area contributed by atoms with Crippen LogP contribution in [0.2, 0.25) is 0 Å². The zero-order valence-corrected chi connectivity index (χ0v) is 20.7. The molecule has 1 fully saturated rings. The average Bonchev–Trinajstić information content (AvgIpc) is 3.57. The highest BCUT2D eigenvalue weighted by atomic mass is 32.2. The van der Waals surface area contributed by atoms with Crippen LogP contribution in [-0.2, 0) is 34.1 Å². The van der Waals surface area contributed by atoms with Gasteiger partial charge in [0.25, 0.3) is 0 Å². The summed E-state index contributed by atoms with van der Waals surface area (Å²) in [6.07, 6.45) is -3.54. The number of sulfonamides is 1. The molecule has 4 rings (SSSR count). The fourth-order valence-electron chi connectivity index (χ4n) is 3.77. The first-order valence-corrected chi connectivity index (χ1v) is 13.4. The second-order valence-electron chi connectivity index (χ2n) is 8.55. The summed E-state index contributed by atoms with van der Waals surface area (Å²) < 4.78 is 67.4. The molecule has 3 aromatic rings. The van der Waals surface area contributed by atoms with Crippen LogP contribution in [0.25, 0.3) is 0 Å². The molecule has 1 amide bonds. The van der Waals surface area contributed by atoms with Crippen LogP contribution in [0.5, 0.6) is 0 Å². The van der Waals surface area contributed by atoms with Crippen LogP contribution in [-0.4, -0.2) is 36.1 Å². The Labute approximate surface area is 206 Å². The third kappa shape index (κ3) is 6.31. The summed E-state index contributed by atoms with van der Waals surface area (Å²) >= 11 is 1.56. The molecule has 0 unspecified atom stereocenters. The number of aryl methyl sites for hydroxylation is 1. The van der Waals surface area contributed by atoms with Gasteiger partial charge in [0.2, 0.25) is 15.9 Å². The first-order valence-electron chi connectivity index (χ1n) is 11.1. The van der Waals surface area contributed by atoms with Gasteiger partial charge >= 0.3 is 6.18 Å². The van der Waals surface area contributed by atoms with E-state index in [2.05, 4.69) is 0 Å². The van der Waals surface area contributed by atoms with Gasteiger partial charge in [-0.3, -0.25) is 4.79 Å². The van der Waals surface area contributed by atoms with Crippen molar-refractivity contribution in [3.63, 3.8) is 0 Å². The fraction of sp³-hybridized carbons (Fsp3) is 0.320. The van der Waals surface area contributed by atoms with Crippen molar-refractivity contribution in [2.24, 2.45) is 0 Å². The molecule has 2 aromatic carbocycles. The molecule has 1 aromatic heterocycles. The number of amides is 1. The fourth-order valence-corrected chi connectivity index (χ4v) is 6.36. The molecule has 0 bridgehead atoms. The van der Waals surface area contributed by atoms with Gasteiger partial charge in [-0.1, -0.05) is 36.4 Å². The van der Waals surface area contributed by atoms with Crippen molar-refractivity contribution < 1.29 is 26.4 Å². The second-order valence-corrected chi connectivity index (χ2v) is 11.8. The predicted molar refractivity (Wildman–Crippen MR) is 128 cm³/mol. The summed E-state index contributed by atoms with van der Waals surface area (Å²) in [4.78, 5) is 16.6. The molecule has 0 spiro atoms.